The summed E-state index contributed by atoms with van der Waals surface area (Å²) in [4.78, 5) is 17.2. The molecule has 2 N–H and O–H groups in total. The van der Waals surface area contributed by atoms with Crippen molar-refractivity contribution in [1.82, 2.24) is 20.2 Å². The largest absolute Gasteiger partial charge is 0.497 e. The van der Waals surface area contributed by atoms with E-state index in [9.17, 15) is 4.79 Å². The van der Waals surface area contributed by atoms with E-state index in [2.05, 4.69) is 15.6 Å². The first kappa shape index (κ1) is 19.1. The van der Waals surface area contributed by atoms with E-state index in [1.807, 2.05) is 67.9 Å². The highest BCUT2D eigenvalue weighted by Crippen LogP contribution is 2.39. The summed E-state index contributed by atoms with van der Waals surface area (Å²) >= 11 is 0. The molecule has 1 unspecified atom stereocenters. The number of hydrogen-bond acceptors (Lipinski definition) is 4. The van der Waals surface area contributed by atoms with Gasteiger partial charge in [-0.3, -0.25) is 0 Å². The lowest BCUT2D eigenvalue weighted by molar-refractivity contribution is 0.0679. The van der Waals surface area contributed by atoms with Gasteiger partial charge in [0.1, 0.15) is 22.9 Å². The van der Waals surface area contributed by atoms with Crippen LogP contribution in [-0.4, -0.2) is 28.3 Å². The van der Waals surface area contributed by atoms with Crippen LogP contribution >= 0.6 is 0 Å². The van der Waals surface area contributed by atoms with Gasteiger partial charge in [0.25, 0.3) is 0 Å². The van der Waals surface area contributed by atoms with E-state index in [-0.39, 0.29) is 17.7 Å². The molecule has 0 spiro atoms. The Morgan fingerprint density at radius 2 is 2.10 bits per heavy atom. The van der Waals surface area contributed by atoms with Gasteiger partial charge in [-0.05, 0) is 32.0 Å². The zero-order chi connectivity index (χ0) is 20.6. The maximum Gasteiger partial charge on any atom is 0.315 e. The highest BCUT2D eigenvalue weighted by molar-refractivity contribution is 5.78. The first-order chi connectivity index (χ1) is 13.9. The molecule has 1 aliphatic rings. The topological polar surface area (TPSA) is 77.4 Å². The number of para-hydroxylation sites is 1. The Bertz CT molecular complexity index is 1060. The summed E-state index contributed by atoms with van der Waals surface area (Å²) in [6.07, 6.45) is 0.698. The number of amides is 2. The van der Waals surface area contributed by atoms with Crippen LogP contribution in [0.2, 0.25) is 0 Å². The Hall–Kier alpha value is -3.22. The molecule has 1 aliphatic heterocycles. The minimum absolute atomic E-state index is 0.111. The maximum absolute atomic E-state index is 12.6. The number of aryl methyl sites for hydroxylation is 1. The van der Waals surface area contributed by atoms with Crippen molar-refractivity contribution >= 4 is 17.1 Å². The number of ether oxygens (including phenoxy) is 2. The number of fused-ring (bicyclic) bond motifs is 2. The summed E-state index contributed by atoms with van der Waals surface area (Å²) in [5.41, 5.74) is 2.48. The van der Waals surface area contributed by atoms with Gasteiger partial charge in [0.15, 0.2) is 0 Å². The van der Waals surface area contributed by atoms with Crippen molar-refractivity contribution in [3.63, 3.8) is 0 Å². The lowest BCUT2D eigenvalue weighted by Crippen LogP contribution is -2.44. The SMILES string of the molecule is COc1ccc2c(c1)nc(CNC(=O)NC1CC(C)(C)Oc3ccccc31)n2C. The number of aromatic nitrogens is 2. The van der Waals surface area contributed by atoms with Crippen LogP contribution in [-0.2, 0) is 13.6 Å². The molecule has 4 rings (SSSR count). The predicted octanol–water partition coefficient (Wildman–Crippen LogP) is 3.68. The first-order valence-electron chi connectivity index (χ1n) is 9.68. The van der Waals surface area contributed by atoms with E-state index in [0.29, 0.717) is 13.0 Å². The standard InChI is InChI=1S/C22H26N4O3/c1-22(2)12-17(15-7-5-6-8-19(15)29-22)25-21(27)23-13-20-24-16-11-14(28-4)9-10-18(16)26(20)3/h5-11,17H,12-13H2,1-4H3,(H2,23,25,27). The van der Waals surface area contributed by atoms with Gasteiger partial charge in [0.05, 0.1) is 30.7 Å². The van der Waals surface area contributed by atoms with E-state index < -0.39 is 0 Å². The third-order valence-corrected chi connectivity index (χ3v) is 5.27. The van der Waals surface area contributed by atoms with Crippen LogP contribution in [0.4, 0.5) is 4.79 Å². The fourth-order valence-corrected chi connectivity index (χ4v) is 3.81. The van der Waals surface area contributed by atoms with Crippen molar-refractivity contribution < 1.29 is 14.3 Å². The van der Waals surface area contributed by atoms with Gasteiger partial charge in [-0.1, -0.05) is 18.2 Å². The molecule has 29 heavy (non-hydrogen) atoms. The second-order valence-electron chi connectivity index (χ2n) is 7.92. The van der Waals surface area contributed by atoms with Crippen molar-refractivity contribution in [3.8, 4) is 11.5 Å². The number of nitrogens with one attached hydrogen (secondary N) is 2. The summed E-state index contributed by atoms with van der Waals surface area (Å²) < 4.78 is 13.3. The summed E-state index contributed by atoms with van der Waals surface area (Å²) in [6, 6.07) is 13.3. The number of carbonyl (C=O) groups is 1. The van der Waals surface area contributed by atoms with E-state index in [1.54, 1.807) is 7.11 Å². The van der Waals surface area contributed by atoms with Crippen molar-refractivity contribution in [2.75, 3.05) is 7.11 Å². The second-order valence-corrected chi connectivity index (χ2v) is 7.92. The number of carbonyl (C=O) groups excluding carboxylic acids is 1. The maximum atomic E-state index is 12.6. The van der Waals surface area contributed by atoms with E-state index >= 15 is 0 Å². The van der Waals surface area contributed by atoms with Crippen molar-refractivity contribution in [3.05, 3.63) is 53.9 Å². The van der Waals surface area contributed by atoms with Gasteiger partial charge in [0, 0.05) is 25.1 Å². The minimum atomic E-state index is -0.344. The molecule has 7 nitrogen and oxygen atoms in total. The van der Waals surface area contributed by atoms with Gasteiger partial charge in [-0.2, -0.15) is 0 Å². The molecule has 0 aliphatic carbocycles. The van der Waals surface area contributed by atoms with E-state index in [1.165, 1.54) is 0 Å². The van der Waals surface area contributed by atoms with Crippen LogP contribution in [0.1, 0.15) is 37.7 Å². The van der Waals surface area contributed by atoms with Crippen LogP contribution in [0.3, 0.4) is 0 Å². The normalized spacial score (nSPS) is 17.3. The number of rotatable bonds is 4. The summed E-state index contributed by atoms with van der Waals surface area (Å²) in [7, 11) is 3.57. The predicted molar refractivity (Wildman–Crippen MR) is 111 cm³/mol. The van der Waals surface area contributed by atoms with Gasteiger partial charge in [-0.25, -0.2) is 9.78 Å². The number of urea groups is 1. The van der Waals surface area contributed by atoms with Crippen LogP contribution in [0.5, 0.6) is 11.5 Å². The Morgan fingerprint density at radius 1 is 1.31 bits per heavy atom. The zero-order valence-electron chi connectivity index (χ0n) is 17.2. The zero-order valence-corrected chi connectivity index (χ0v) is 17.2. The summed E-state index contributed by atoms with van der Waals surface area (Å²) in [6.45, 7) is 4.39. The second kappa shape index (κ2) is 7.31. The van der Waals surface area contributed by atoms with Gasteiger partial charge >= 0.3 is 6.03 Å². The molecule has 0 bridgehead atoms. The molecule has 2 heterocycles. The van der Waals surface area contributed by atoms with Crippen molar-refractivity contribution in [1.29, 1.82) is 0 Å². The van der Waals surface area contributed by atoms with Gasteiger partial charge < -0.3 is 24.7 Å². The minimum Gasteiger partial charge on any atom is -0.497 e. The summed E-state index contributed by atoms with van der Waals surface area (Å²) in [5, 5.41) is 6.01. The Labute approximate surface area is 170 Å². The monoisotopic (exact) mass is 394 g/mol. The molecule has 0 saturated heterocycles. The molecule has 7 heteroatoms. The fourth-order valence-electron chi connectivity index (χ4n) is 3.81. The summed E-state index contributed by atoms with van der Waals surface area (Å²) in [5.74, 6) is 2.35. The lowest BCUT2D eigenvalue weighted by atomic mass is 9.90. The number of methoxy groups -OCH3 is 1. The Balaban J connectivity index is 1.46. The van der Waals surface area contributed by atoms with Crippen LogP contribution in [0, 0.1) is 0 Å². The number of benzene rings is 2. The van der Waals surface area contributed by atoms with Gasteiger partial charge in [-0.15, -0.1) is 0 Å². The molecule has 2 aromatic carbocycles. The molecule has 152 valence electrons. The molecule has 1 aromatic heterocycles. The average molecular weight is 394 g/mol. The highest BCUT2D eigenvalue weighted by Gasteiger charge is 2.34. The lowest BCUT2D eigenvalue weighted by Gasteiger charge is -2.37. The van der Waals surface area contributed by atoms with Crippen LogP contribution in [0.25, 0.3) is 11.0 Å². The molecule has 3 aromatic rings. The number of nitrogens with zero attached hydrogens (tertiary/aromatic N) is 2. The third-order valence-electron chi connectivity index (χ3n) is 5.27. The highest BCUT2D eigenvalue weighted by atomic mass is 16.5. The molecule has 0 radical (unpaired) electrons. The van der Waals surface area contributed by atoms with Crippen molar-refractivity contribution in [2.45, 2.75) is 38.5 Å². The first-order valence-corrected chi connectivity index (χ1v) is 9.68. The molecule has 2 amide bonds. The number of hydrogen-bond donors (Lipinski definition) is 2. The van der Waals surface area contributed by atoms with Crippen LogP contribution < -0.4 is 20.1 Å². The Morgan fingerprint density at radius 3 is 2.90 bits per heavy atom. The fraction of sp³-hybridized carbons (Fsp3) is 0.364. The molecular weight excluding hydrogens is 368 g/mol. The smallest absolute Gasteiger partial charge is 0.315 e. The van der Waals surface area contributed by atoms with Gasteiger partial charge in [0.2, 0.25) is 0 Å². The average Bonchev–Trinajstić information content (AvgIpc) is 3.00. The van der Waals surface area contributed by atoms with E-state index in [4.69, 9.17) is 9.47 Å². The Kier molecular flexibility index (Phi) is 4.82. The van der Waals surface area contributed by atoms with E-state index in [0.717, 1.165) is 33.9 Å². The molecule has 0 fully saturated rings. The van der Waals surface area contributed by atoms with Crippen molar-refractivity contribution in [2.24, 2.45) is 7.05 Å². The molecular formula is C22H26N4O3. The van der Waals surface area contributed by atoms with Crippen LogP contribution in [0.15, 0.2) is 42.5 Å². The molecule has 0 saturated carbocycles. The third kappa shape index (κ3) is 3.85. The quantitative estimate of drug-likeness (QED) is 0.708. The number of imidazole rings is 1. The molecule has 1 atom stereocenters.